The van der Waals surface area contributed by atoms with E-state index in [0.29, 0.717) is 24.3 Å². The third-order valence-corrected chi connectivity index (χ3v) is 4.47. The molecule has 0 saturated heterocycles. The molecule has 0 fully saturated rings. The lowest BCUT2D eigenvalue weighted by Gasteiger charge is -2.22. The van der Waals surface area contributed by atoms with E-state index in [9.17, 15) is 14.4 Å². The maximum absolute atomic E-state index is 12.6. The van der Waals surface area contributed by atoms with Gasteiger partial charge in [0.2, 0.25) is 5.91 Å². The van der Waals surface area contributed by atoms with Crippen molar-refractivity contribution >= 4 is 17.8 Å². The number of carbonyl (C=O) groups excluding carboxylic acids is 2. The fourth-order valence-corrected chi connectivity index (χ4v) is 2.89. The topological polar surface area (TPSA) is 105 Å². The van der Waals surface area contributed by atoms with Crippen molar-refractivity contribution in [3.63, 3.8) is 0 Å². The van der Waals surface area contributed by atoms with Crippen molar-refractivity contribution in [1.29, 1.82) is 0 Å². The maximum Gasteiger partial charge on any atom is 0.335 e. The molecule has 0 heterocycles. The second kappa shape index (κ2) is 10.3. The first kappa shape index (κ1) is 21.9. The van der Waals surface area contributed by atoms with Crippen LogP contribution < -0.4 is 15.4 Å². The molecule has 0 aliphatic heterocycles. The van der Waals surface area contributed by atoms with Crippen LogP contribution in [0.5, 0.6) is 5.75 Å². The number of aromatic carboxylic acids is 1. The number of ether oxygens (including phenoxy) is 1. The first-order chi connectivity index (χ1) is 13.8. The van der Waals surface area contributed by atoms with Crippen LogP contribution in [0.15, 0.2) is 48.5 Å². The molecule has 0 aromatic heterocycles. The van der Waals surface area contributed by atoms with E-state index in [-0.39, 0.29) is 23.3 Å². The Hall–Kier alpha value is -3.35. The number of carbonyl (C=O) groups is 3. The monoisotopic (exact) mass is 398 g/mol. The Morgan fingerprint density at radius 1 is 1.07 bits per heavy atom. The van der Waals surface area contributed by atoms with E-state index in [1.807, 2.05) is 19.9 Å². The largest absolute Gasteiger partial charge is 0.496 e. The first-order valence-corrected chi connectivity index (χ1v) is 9.37. The molecule has 3 N–H and O–H groups in total. The van der Waals surface area contributed by atoms with Gasteiger partial charge in [0.1, 0.15) is 11.8 Å². The molecule has 1 atom stereocenters. The lowest BCUT2D eigenvalue weighted by Crippen LogP contribution is -2.50. The van der Waals surface area contributed by atoms with Gasteiger partial charge in [0.05, 0.1) is 18.2 Å². The van der Waals surface area contributed by atoms with E-state index >= 15 is 0 Å². The van der Waals surface area contributed by atoms with Crippen LogP contribution in [0.4, 0.5) is 0 Å². The first-order valence-electron chi connectivity index (χ1n) is 9.37. The van der Waals surface area contributed by atoms with Gasteiger partial charge in [0.15, 0.2) is 0 Å². The van der Waals surface area contributed by atoms with Gasteiger partial charge in [-0.3, -0.25) is 9.59 Å². The van der Waals surface area contributed by atoms with Crippen LogP contribution in [0.2, 0.25) is 0 Å². The molecule has 0 aliphatic carbocycles. The summed E-state index contributed by atoms with van der Waals surface area (Å²) >= 11 is 0. The van der Waals surface area contributed by atoms with Crippen LogP contribution in [0, 0.1) is 5.92 Å². The van der Waals surface area contributed by atoms with Crippen molar-refractivity contribution in [1.82, 2.24) is 10.6 Å². The van der Waals surface area contributed by atoms with Crippen molar-refractivity contribution < 1.29 is 24.2 Å². The highest BCUT2D eigenvalue weighted by Gasteiger charge is 2.25. The molecule has 2 rings (SSSR count). The minimum absolute atomic E-state index is 0.121. The minimum atomic E-state index is -0.991. The van der Waals surface area contributed by atoms with Gasteiger partial charge in [0.25, 0.3) is 5.91 Å². The maximum atomic E-state index is 12.6. The van der Waals surface area contributed by atoms with Gasteiger partial charge in [0, 0.05) is 6.54 Å². The average molecular weight is 398 g/mol. The zero-order valence-corrected chi connectivity index (χ0v) is 16.8. The van der Waals surface area contributed by atoms with Crippen molar-refractivity contribution in [3.05, 3.63) is 65.2 Å². The van der Waals surface area contributed by atoms with Gasteiger partial charge in [-0.1, -0.05) is 38.1 Å². The number of methoxy groups -OCH3 is 1. The van der Waals surface area contributed by atoms with E-state index < -0.39 is 12.0 Å². The predicted molar refractivity (Wildman–Crippen MR) is 109 cm³/mol. The molecular weight excluding hydrogens is 372 g/mol. The zero-order chi connectivity index (χ0) is 21.4. The third kappa shape index (κ3) is 6.07. The number of carboxylic acid groups (broad SMARTS) is 1. The van der Waals surface area contributed by atoms with E-state index in [0.717, 1.165) is 5.56 Å². The summed E-state index contributed by atoms with van der Waals surface area (Å²) in [6, 6.07) is 12.7. The quantitative estimate of drug-likeness (QED) is 0.602. The SMILES string of the molecule is COc1ccccc1C(=O)NC(C(=O)NCCc1cccc(C(=O)O)c1)C(C)C. The average Bonchev–Trinajstić information content (AvgIpc) is 2.71. The Kier molecular flexibility index (Phi) is 7.77. The van der Waals surface area contributed by atoms with Crippen molar-refractivity contribution in [3.8, 4) is 5.75 Å². The highest BCUT2D eigenvalue weighted by atomic mass is 16.5. The molecule has 29 heavy (non-hydrogen) atoms. The summed E-state index contributed by atoms with van der Waals surface area (Å²) in [7, 11) is 1.48. The van der Waals surface area contributed by atoms with E-state index in [4.69, 9.17) is 9.84 Å². The van der Waals surface area contributed by atoms with Gasteiger partial charge in [-0.25, -0.2) is 4.79 Å². The molecule has 0 aliphatic rings. The highest BCUT2D eigenvalue weighted by molar-refractivity contribution is 5.99. The molecule has 0 radical (unpaired) electrons. The van der Waals surface area contributed by atoms with Gasteiger partial charge in [-0.2, -0.15) is 0 Å². The second-order valence-corrected chi connectivity index (χ2v) is 6.94. The minimum Gasteiger partial charge on any atom is -0.496 e. The van der Waals surface area contributed by atoms with Crippen molar-refractivity contribution in [2.45, 2.75) is 26.3 Å². The molecule has 0 bridgehead atoms. The summed E-state index contributed by atoms with van der Waals surface area (Å²) in [5.41, 5.74) is 1.38. The Balaban J connectivity index is 1.98. The summed E-state index contributed by atoms with van der Waals surface area (Å²) in [5.74, 6) is -1.35. The lowest BCUT2D eigenvalue weighted by molar-refractivity contribution is -0.123. The normalized spacial score (nSPS) is 11.6. The Bertz CT molecular complexity index is 879. The number of carboxylic acids is 1. The van der Waals surface area contributed by atoms with Crippen LogP contribution in [-0.2, 0) is 11.2 Å². The van der Waals surface area contributed by atoms with Crippen LogP contribution >= 0.6 is 0 Å². The number of amides is 2. The molecule has 154 valence electrons. The van der Waals surface area contributed by atoms with E-state index in [1.165, 1.54) is 13.2 Å². The second-order valence-electron chi connectivity index (χ2n) is 6.94. The van der Waals surface area contributed by atoms with Crippen LogP contribution in [-0.4, -0.2) is 42.6 Å². The molecule has 0 spiro atoms. The summed E-state index contributed by atoms with van der Waals surface area (Å²) in [4.78, 5) is 36.3. The third-order valence-electron chi connectivity index (χ3n) is 4.47. The Morgan fingerprint density at radius 2 is 1.79 bits per heavy atom. The van der Waals surface area contributed by atoms with Crippen molar-refractivity contribution in [2.24, 2.45) is 5.92 Å². The smallest absolute Gasteiger partial charge is 0.335 e. The number of para-hydroxylation sites is 1. The number of rotatable bonds is 9. The lowest BCUT2D eigenvalue weighted by atomic mass is 10.0. The molecule has 2 aromatic rings. The molecule has 7 nitrogen and oxygen atoms in total. The van der Waals surface area contributed by atoms with Gasteiger partial charge in [-0.05, 0) is 42.2 Å². The van der Waals surface area contributed by atoms with Crippen LogP contribution in [0.3, 0.4) is 0 Å². The summed E-state index contributed by atoms with van der Waals surface area (Å²) in [5, 5.41) is 14.6. The van der Waals surface area contributed by atoms with Gasteiger partial charge < -0.3 is 20.5 Å². The predicted octanol–water partition coefficient (Wildman–Crippen LogP) is 2.51. The van der Waals surface area contributed by atoms with E-state index in [1.54, 1.807) is 36.4 Å². The fraction of sp³-hybridized carbons (Fsp3) is 0.318. The number of benzene rings is 2. The molecule has 0 saturated carbocycles. The Labute approximate surface area is 170 Å². The summed E-state index contributed by atoms with van der Waals surface area (Å²) < 4.78 is 5.21. The molecule has 7 heteroatoms. The van der Waals surface area contributed by atoms with E-state index in [2.05, 4.69) is 10.6 Å². The van der Waals surface area contributed by atoms with Gasteiger partial charge in [-0.15, -0.1) is 0 Å². The number of nitrogens with one attached hydrogen (secondary N) is 2. The Morgan fingerprint density at radius 3 is 2.45 bits per heavy atom. The zero-order valence-electron chi connectivity index (χ0n) is 16.8. The fourth-order valence-electron chi connectivity index (χ4n) is 2.89. The van der Waals surface area contributed by atoms with Crippen molar-refractivity contribution in [2.75, 3.05) is 13.7 Å². The van der Waals surface area contributed by atoms with Crippen LogP contribution in [0.1, 0.15) is 40.1 Å². The standard InChI is InChI=1S/C22H26N2O5/c1-14(2)19(24-20(25)17-9-4-5-10-18(17)29-3)21(26)23-12-11-15-7-6-8-16(13-15)22(27)28/h4-10,13-14,19H,11-12H2,1-3H3,(H,23,26)(H,24,25)(H,27,28). The number of hydrogen-bond acceptors (Lipinski definition) is 4. The summed E-state index contributed by atoms with van der Waals surface area (Å²) in [6.45, 7) is 4.03. The summed E-state index contributed by atoms with van der Waals surface area (Å²) in [6.07, 6.45) is 0.484. The molecule has 1 unspecified atom stereocenters. The molecule has 2 amide bonds. The van der Waals surface area contributed by atoms with Gasteiger partial charge >= 0.3 is 5.97 Å². The highest BCUT2D eigenvalue weighted by Crippen LogP contribution is 2.17. The number of hydrogen-bond donors (Lipinski definition) is 3. The van der Waals surface area contributed by atoms with Crippen LogP contribution in [0.25, 0.3) is 0 Å². The molecule has 2 aromatic carbocycles. The molecular formula is C22H26N2O5.